The highest BCUT2D eigenvalue weighted by Crippen LogP contribution is 2.30. The van der Waals surface area contributed by atoms with E-state index in [2.05, 4.69) is 37.2 Å². The summed E-state index contributed by atoms with van der Waals surface area (Å²) in [5.41, 5.74) is 0.686. The first-order valence-electron chi connectivity index (χ1n) is 4.45. The van der Waals surface area contributed by atoms with Crippen LogP contribution in [0.4, 0.5) is 5.69 Å². The minimum Gasteiger partial charge on any atom is -0.324 e. The van der Waals surface area contributed by atoms with Crippen molar-refractivity contribution in [2.24, 2.45) is 0 Å². The second-order valence-electron chi connectivity index (χ2n) is 2.97. The third kappa shape index (κ3) is 3.47. The summed E-state index contributed by atoms with van der Waals surface area (Å²) < 4.78 is 0.704. The van der Waals surface area contributed by atoms with E-state index in [1.54, 1.807) is 18.2 Å². The predicted molar refractivity (Wildman–Crippen MR) is 70.8 cm³/mol. The van der Waals surface area contributed by atoms with Crippen LogP contribution in [0, 0.1) is 0 Å². The molecule has 1 amide bonds. The van der Waals surface area contributed by atoms with Gasteiger partial charge in [0.25, 0.3) is 0 Å². The minimum atomic E-state index is -0.177. The number of nitrogens with one attached hydrogen (secondary N) is 1. The first kappa shape index (κ1) is 13.0. The lowest BCUT2D eigenvalue weighted by Gasteiger charge is -2.10. The van der Waals surface area contributed by atoms with Crippen LogP contribution in [-0.4, -0.2) is 10.7 Å². The summed E-state index contributed by atoms with van der Waals surface area (Å²) in [4.78, 5) is 11.4. The predicted octanol–water partition coefficient (Wildman–Crippen LogP) is 4.21. The topological polar surface area (TPSA) is 29.1 Å². The molecule has 5 heteroatoms. The van der Waals surface area contributed by atoms with Crippen molar-refractivity contribution in [1.82, 2.24) is 0 Å². The molecule has 0 aliphatic carbocycles. The quantitative estimate of drug-likeness (QED) is 0.809. The lowest BCUT2D eigenvalue weighted by molar-refractivity contribution is -0.115. The standard InChI is InChI=1S/C10H10Br2ClNO/c1-2-6(11)10(15)14-8-5-3-4-7(13)9(8)12/h3-6H,2H2,1H3,(H,14,15). The van der Waals surface area contributed by atoms with Crippen molar-refractivity contribution < 1.29 is 4.79 Å². The van der Waals surface area contributed by atoms with Crippen LogP contribution in [0.5, 0.6) is 0 Å². The molecule has 0 spiro atoms. The van der Waals surface area contributed by atoms with E-state index in [9.17, 15) is 4.79 Å². The van der Waals surface area contributed by atoms with Gasteiger partial charge in [0.2, 0.25) is 5.91 Å². The van der Waals surface area contributed by atoms with E-state index in [0.29, 0.717) is 15.2 Å². The molecule has 0 saturated heterocycles. The molecule has 82 valence electrons. The highest BCUT2D eigenvalue weighted by atomic mass is 79.9. The Kier molecular flexibility index (Phi) is 5.09. The second kappa shape index (κ2) is 5.87. The van der Waals surface area contributed by atoms with Crippen LogP contribution in [0.1, 0.15) is 13.3 Å². The van der Waals surface area contributed by atoms with Gasteiger partial charge in [0.05, 0.1) is 20.0 Å². The highest BCUT2D eigenvalue weighted by molar-refractivity contribution is 9.10. The van der Waals surface area contributed by atoms with E-state index in [1.165, 1.54) is 0 Å². The minimum absolute atomic E-state index is 0.0690. The van der Waals surface area contributed by atoms with Gasteiger partial charge < -0.3 is 5.32 Å². The van der Waals surface area contributed by atoms with Crippen molar-refractivity contribution in [2.75, 3.05) is 5.32 Å². The van der Waals surface area contributed by atoms with Crippen LogP contribution >= 0.6 is 43.5 Å². The average Bonchev–Trinajstić information content (AvgIpc) is 2.23. The van der Waals surface area contributed by atoms with Crippen LogP contribution < -0.4 is 5.32 Å². The number of carbonyl (C=O) groups is 1. The molecule has 0 aromatic heterocycles. The Morgan fingerprint density at radius 3 is 2.87 bits per heavy atom. The molecule has 0 aliphatic heterocycles. The van der Waals surface area contributed by atoms with E-state index in [0.717, 1.165) is 6.42 Å². The lowest BCUT2D eigenvalue weighted by atomic mass is 10.3. The Bertz CT molecular complexity index is 370. The number of rotatable bonds is 3. The normalized spacial score (nSPS) is 12.3. The van der Waals surface area contributed by atoms with Crippen LogP contribution in [-0.2, 0) is 4.79 Å². The van der Waals surface area contributed by atoms with Gasteiger partial charge in [0, 0.05) is 0 Å². The molecule has 1 aromatic carbocycles. The van der Waals surface area contributed by atoms with Crippen molar-refractivity contribution in [2.45, 2.75) is 18.2 Å². The Balaban J connectivity index is 2.81. The maximum Gasteiger partial charge on any atom is 0.238 e. The van der Waals surface area contributed by atoms with Gasteiger partial charge in [-0.3, -0.25) is 4.79 Å². The zero-order valence-corrected chi connectivity index (χ0v) is 12.0. The number of alkyl halides is 1. The summed E-state index contributed by atoms with van der Waals surface area (Å²) in [5.74, 6) is -0.0690. The van der Waals surface area contributed by atoms with Gasteiger partial charge in [-0.1, -0.05) is 40.5 Å². The van der Waals surface area contributed by atoms with Gasteiger partial charge in [-0.25, -0.2) is 0 Å². The van der Waals surface area contributed by atoms with Gasteiger partial charge in [0.1, 0.15) is 0 Å². The smallest absolute Gasteiger partial charge is 0.238 e. The molecule has 0 heterocycles. The van der Waals surface area contributed by atoms with Crippen molar-refractivity contribution in [3.05, 3.63) is 27.7 Å². The van der Waals surface area contributed by atoms with Gasteiger partial charge >= 0.3 is 0 Å². The van der Waals surface area contributed by atoms with E-state index in [1.807, 2.05) is 6.92 Å². The summed E-state index contributed by atoms with van der Waals surface area (Å²) >= 11 is 12.5. The van der Waals surface area contributed by atoms with Gasteiger partial charge in [0.15, 0.2) is 0 Å². The number of halogens is 3. The zero-order chi connectivity index (χ0) is 11.4. The Labute approximate surface area is 111 Å². The largest absolute Gasteiger partial charge is 0.324 e. The Morgan fingerprint density at radius 2 is 2.27 bits per heavy atom. The SMILES string of the molecule is CCC(Br)C(=O)Nc1cccc(Cl)c1Br. The third-order valence-electron chi connectivity index (χ3n) is 1.85. The van der Waals surface area contributed by atoms with Crippen molar-refractivity contribution in [3.63, 3.8) is 0 Å². The number of carbonyl (C=O) groups excluding carboxylic acids is 1. The first-order valence-corrected chi connectivity index (χ1v) is 6.53. The van der Waals surface area contributed by atoms with Crippen LogP contribution in [0.15, 0.2) is 22.7 Å². The van der Waals surface area contributed by atoms with E-state index >= 15 is 0 Å². The summed E-state index contributed by atoms with van der Waals surface area (Å²) in [5, 5.41) is 3.36. The molecule has 1 atom stereocenters. The zero-order valence-electron chi connectivity index (χ0n) is 8.06. The molecular weight excluding hydrogens is 345 g/mol. The highest BCUT2D eigenvalue weighted by Gasteiger charge is 2.14. The summed E-state index contributed by atoms with van der Waals surface area (Å²) in [6.07, 6.45) is 0.740. The van der Waals surface area contributed by atoms with Crippen molar-refractivity contribution >= 4 is 55.1 Å². The van der Waals surface area contributed by atoms with Crippen molar-refractivity contribution in [3.8, 4) is 0 Å². The molecule has 1 rings (SSSR count). The monoisotopic (exact) mass is 353 g/mol. The van der Waals surface area contributed by atoms with E-state index in [4.69, 9.17) is 11.6 Å². The van der Waals surface area contributed by atoms with Gasteiger partial charge in [-0.05, 0) is 34.5 Å². The van der Waals surface area contributed by atoms with Crippen LogP contribution in [0.3, 0.4) is 0 Å². The van der Waals surface area contributed by atoms with E-state index < -0.39 is 0 Å². The van der Waals surface area contributed by atoms with Gasteiger partial charge in [-0.2, -0.15) is 0 Å². The molecular formula is C10H10Br2ClNO. The molecule has 0 aliphatic rings. The fourth-order valence-corrected chi connectivity index (χ4v) is 1.65. The fourth-order valence-electron chi connectivity index (χ4n) is 0.997. The lowest BCUT2D eigenvalue weighted by Crippen LogP contribution is -2.22. The number of hydrogen-bond donors (Lipinski definition) is 1. The molecule has 0 saturated carbocycles. The van der Waals surface area contributed by atoms with Crippen LogP contribution in [0.25, 0.3) is 0 Å². The molecule has 15 heavy (non-hydrogen) atoms. The average molecular weight is 355 g/mol. The molecule has 1 unspecified atom stereocenters. The summed E-state index contributed by atoms with van der Waals surface area (Å²) in [7, 11) is 0. The van der Waals surface area contributed by atoms with E-state index in [-0.39, 0.29) is 10.7 Å². The summed E-state index contributed by atoms with van der Waals surface area (Å²) in [6, 6.07) is 5.34. The third-order valence-corrected chi connectivity index (χ3v) is 4.31. The van der Waals surface area contributed by atoms with Crippen LogP contribution in [0.2, 0.25) is 5.02 Å². The number of amides is 1. The number of hydrogen-bond acceptors (Lipinski definition) is 1. The number of anilines is 1. The molecule has 0 fully saturated rings. The Morgan fingerprint density at radius 1 is 1.60 bits per heavy atom. The summed E-state index contributed by atoms with van der Waals surface area (Å²) in [6.45, 7) is 1.94. The molecule has 1 aromatic rings. The fraction of sp³-hybridized carbons (Fsp3) is 0.300. The van der Waals surface area contributed by atoms with Gasteiger partial charge in [-0.15, -0.1) is 0 Å². The first-order chi connectivity index (χ1) is 7.06. The maximum atomic E-state index is 11.6. The molecule has 1 N–H and O–H groups in total. The number of benzene rings is 1. The molecule has 0 bridgehead atoms. The second-order valence-corrected chi connectivity index (χ2v) is 5.27. The maximum absolute atomic E-state index is 11.6. The van der Waals surface area contributed by atoms with Crippen molar-refractivity contribution in [1.29, 1.82) is 0 Å². The molecule has 2 nitrogen and oxygen atoms in total. The molecule has 0 radical (unpaired) electrons. The Hall–Kier alpha value is -0.0600.